The minimum Gasteiger partial charge on any atom is -0.317 e. The summed E-state index contributed by atoms with van der Waals surface area (Å²) in [7, 11) is 1.89. The van der Waals surface area contributed by atoms with Gasteiger partial charge in [0.25, 0.3) is 5.56 Å². The lowest BCUT2D eigenvalue weighted by Gasteiger charge is -2.20. The van der Waals surface area contributed by atoms with Crippen molar-refractivity contribution in [2.24, 2.45) is 7.05 Å². The fourth-order valence-corrected chi connectivity index (χ4v) is 4.61. The Morgan fingerprint density at radius 1 is 1.27 bits per heavy atom. The summed E-state index contributed by atoms with van der Waals surface area (Å²) in [6.45, 7) is 2.01. The van der Waals surface area contributed by atoms with Crippen molar-refractivity contribution in [2.45, 2.75) is 18.8 Å². The molecule has 0 radical (unpaired) electrons. The van der Waals surface area contributed by atoms with Crippen molar-refractivity contribution in [2.75, 3.05) is 13.1 Å². The van der Waals surface area contributed by atoms with Crippen LogP contribution in [0.1, 0.15) is 23.8 Å². The Hall–Kier alpha value is -2.58. The fraction of sp³-hybridized carbons (Fsp3) is 0.333. The molecule has 5 rings (SSSR count). The molecular weight excluding hydrogens is 348 g/mol. The first-order valence-corrected chi connectivity index (χ1v) is 9.53. The Labute approximate surface area is 153 Å². The number of aromatic nitrogens is 5. The van der Waals surface area contributed by atoms with Crippen LogP contribution in [0.4, 0.5) is 0 Å². The molecule has 3 aromatic heterocycles. The third kappa shape index (κ3) is 2.53. The Balaban J connectivity index is 1.61. The number of benzene rings is 1. The smallest absolute Gasteiger partial charge is 0.285 e. The summed E-state index contributed by atoms with van der Waals surface area (Å²) in [5, 5.41) is 9.76. The van der Waals surface area contributed by atoms with Crippen LogP contribution in [-0.4, -0.2) is 37.4 Å². The maximum atomic E-state index is 13.0. The Kier molecular flexibility index (Phi) is 3.61. The molecule has 1 fully saturated rings. The first-order valence-electron chi connectivity index (χ1n) is 8.71. The Morgan fingerprint density at radius 3 is 2.96 bits per heavy atom. The molecule has 0 atom stereocenters. The van der Waals surface area contributed by atoms with E-state index in [-0.39, 0.29) is 5.56 Å². The van der Waals surface area contributed by atoms with E-state index in [9.17, 15) is 4.79 Å². The van der Waals surface area contributed by atoms with Crippen molar-refractivity contribution in [3.8, 4) is 5.69 Å². The summed E-state index contributed by atoms with van der Waals surface area (Å²) < 4.78 is 3.34. The number of thiazole rings is 1. The van der Waals surface area contributed by atoms with Crippen LogP contribution >= 0.6 is 11.3 Å². The van der Waals surface area contributed by atoms with Gasteiger partial charge >= 0.3 is 0 Å². The van der Waals surface area contributed by atoms with E-state index in [1.165, 1.54) is 0 Å². The third-order valence-corrected chi connectivity index (χ3v) is 6.03. The zero-order chi connectivity index (χ0) is 17.7. The molecule has 132 valence electrons. The van der Waals surface area contributed by atoms with Crippen LogP contribution in [0.5, 0.6) is 0 Å². The minimum atomic E-state index is -0.116. The van der Waals surface area contributed by atoms with E-state index in [0.29, 0.717) is 11.4 Å². The number of hydrogen-bond acceptors (Lipinski definition) is 6. The number of piperidine rings is 1. The molecule has 26 heavy (non-hydrogen) atoms. The molecular formula is C18H18N6OS. The molecule has 0 amide bonds. The van der Waals surface area contributed by atoms with Gasteiger partial charge in [0.05, 0.1) is 16.2 Å². The van der Waals surface area contributed by atoms with Gasteiger partial charge in [-0.3, -0.25) is 14.0 Å². The topological polar surface area (TPSA) is 77.6 Å². The van der Waals surface area contributed by atoms with Crippen molar-refractivity contribution in [1.82, 2.24) is 29.6 Å². The number of aryl methyl sites for hydroxylation is 1. The van der Waals surface area contributed by atoms with Crippen LogP contribution in [-0.2, 0) is 7.05 Å². The van der Waals surface area contributed by atoms with Crippen LogP contribution in [0.15, 0.2) is 35.5 Å². The SMILES string of the molecule is Cn1cc2cc(-n3cnc4sc(C5CCNCC5)nc4c3=O)ccc2n1. The van der Waals surface area contributed by atoms with Gasteiger partial charge in [0.15, 0.2) is 10.3 Å². The van der Waals surface area contributed by atoms with Gasteiger partial charge in [-0.05, 0) is 44.1 Å². The van der Waals surface area contributed by atoms with Gasteiger partial charge in [-0.15, -0.1) is 0 Å². The molecule has 8 heteroatoms. The molecule has 0 aliphatic carbocycles. The Morgan fingerprint density at radius 2 is 2.12 bits per heavy atom. The highest BCUT2D eigenvalue weighted by molar-refractivity contribution is 7.18. The zero-order valence-corrected chi connectivity index (χ0v) is 15.2. The van der Waals surface area contributed by atoms with Crippen molar-refractivity contribution >= 4 is 32.6 Å². The second kappa shape index (κ2) is 6.00. The predicted octanol–water partition coefficient (Wildman–Crippen LogP) is 2.20. The predicted molar refractivity (Wildman–Crippen MR) is 102 cm³/mol. The number of nitrogens with one attached hydrogen (secondary N) is 1. The van der Waals surface area contributed by atoms with Gasteiger partial charge < -0.3 is 5.32 Å². The van der Waals surface area contributed by atoms with Crippen LogP contribution in [0, 0.1) is 0 Å². The molecule has 1 aromatic carbocycles. The quantitative estimate of drug-likeness (QED) is 0.588. The first-order chi connectivity index (χ1) is 12.7. The summed E-state index contributed by atoms with van der Waals surface area (Å²) >= 11 is 1.55. The van der Waals surface area contributed by atoms with E-state index >= 15 is 0 Å². The highest BCUT2D eigenvalue weighted by atomic mass is 32.1. The molecule has 1 N–H and O–H groups in total. The van der Waals surface area contributed by atoms with Crippen LogP contribution in [0.2, 0.25) is 0 Å². The summed E-state index contributed by atoms with van der Waals surface area (Å²) in [5.74, 6) is 0.426. The summed E-state index contributed by atoms with van der Waals surface area (Å²) in [6.07, 6.45) is 5.66. The second-order valence-corrected chi connectivity index (χ2v) is 7.70. The van der Waals surface area contributed by atoms with Gasteiger partial charge in [0.1, 0.15) is 6.33 Å². The lowest BCUT2D eigenvalue weighted by atomic mass is 9.99. The second-order valence-electron chi connectivity index (χ2n) is 6.70. The van der Waals surface area contributed by atoms with Crippen molar-refractivity contribution in [1.29, 1.82) is 0 Å². The highest BCUT2D eigenvalue weighted by Crippen LogP contribution is 2.30. The van der Waals surface area contributed by atoms with E-state index in [0.717, 1.165) is 52.4 Å². The first kappa shape index (κ1) is 15.7. The number of fused-ring (bicyclic) bond motifs is 2. The molecule has 0 saturated carbocycles. The van der Waals surface area contributed by atoms with Crippen molar-refractivity contribution in [3.05, 3.63) is 46.1 Å². The lowest BCUT2D eigenvalue weighted by molar-refractivity contribution is 0.459. The normalized spacial score (nSPS) is 15.9. The maximum absolute atomic E-state index is 13.0. The van der Waals surface area contributed by atoms with Gasteiger partial charge in [-0.25, -0.2) is 9.97 Å². The van der Waals surface area contributed by atoms with E-state index < -0.39 is 0 Å². The average Bonchev–Trinajstić information content (AvgIpc) is 3.25. The molecule has 4 aromatic rings. The average molecular weight is 366 g/mol. The monoisotopic (exact) mass is 366 g/mol. The van der Waals surface area contributed by atoms with Crippen LogP contribution in [0.3, 0.4) is 0 Å². The molecule has 1 saturated heterocycles. The van der Waals surface area contributed by atoms with Crippen molar-refractivity contribution < 1.29 is 0 Å². The largest absolute Gasteiger partial charge is 0.317 e. The van der Waals surface area contributed by atoms with Gasteiger partial charge in [0, 0.05) is 24.5 Å². The van der Waals surface area contributed by atoms with E-state index in [2.05, 4.69) is 20.4 Å². The summed E-state index contributed by atoms with van der Waals surface area (Å²) in [4.78, 5) is 22.9. The molecule has 0 spiro atoms. The van der Waals surface area contributed by atoms with Gasteiger partial charge in [-0.2, -0.15) is 5.10 Å². The van der Waals surface area contributed by atoms with Gasteiger partial charge in [0.2, 0.25) is 0 Å². The van der Waals surface area contributed by atoms with E-state index in [4.69, 9.17) is 0 Å². The Bertz CT molecular complexity index is 1170. The number of rotatable bonds is 2. The summed E-state index contributed by atoms with van der Waals surface area (Å²) in [5.41, 5.74) is 2.04. The zero-order valence-electron chi connectivity index (χ0n) is 14.3. The minimum absolute atomic E-state index is 0.116. The molecule has 4 heterocycles. The van der Waals surface area contributed by atoms with Gasteiger partial charge in [-0.1, -0.05) is 11.3 Å². The number of hydrogen-bond donors (Lipinski definition) is 1. The fourth-order valence-electron chi connectivity index (χ4n) is 3.55. The molecule has 1 aliphatic heterocycles. The lowest BCUT2D eigenvalue weighted by Crippen LogP contribution is -2.26. The van der Waals surface area contributed by atoms with Crippen LogP contribution in [0.25, 0.3) is 26.9 Å². The standard InChI is InChI=1S/C18H18N6OS/c1-23-9-12-8-13(2-3-14(12)22-23)24-10-20-17-15(18(24)25)21-16(26-17)11-4-6-19-7-5-11/h2-3,8-11,19H,4-7H2,1H3. The molecule has 1 aliphatic rings. The maximum Gasteiger partial charge on any atom is 0.285 e. The van der Waals surface area contributed by atoms with Crippen molar-refractivity contribution in [3.63, 3.8) is 0 Å². The van der Waals surface area contributed by atoms with E-state index in [1.54, 1.807) is 26.9 Å². The molecule has 0 unspecified atom stereocenters. The molecule has 0 bridgehead atoms. The highest BCUT2D eigenvalue weighted by Gasteiger charge is 2.21. The van der Waals surface area contributed by atoms with Crippen LogP contribution < -0.4 is 10.9 Å². The number of nitrogens with zero attached hydrogens (tertiary/aromatic N) is 5. The molecule has 7 nitrogen and oxygen atoms in total. The van der Waals surface area contributed by atoms with E-state index in [1.807, 2.05) is 31.4 Å². The summed E-state index contributed by atoms with van der Waals surface area (Å²) in [6, 6.07) is 5.77. The third-order valence-electron chi connectivity index (χ3n) is 4.91.